The number of hydrogen-bond acceptors (Lipinski definition) is 2. The second-order valence-corrected chi connectivity index (χ2v) is 4.99. The van der Waals surface area contributed by atoms with E-state index in [0.29, 0.717) is 26.9 Å². The smallest absolute Gasteiger partial charge is 0.130 e. The van der Waals surface area contributed by atoms with Gasteiger partial charge in [0.15, 0.2) is 0 Å². The molecule has 0 saturated carbocycles. The van der Waals surface area contributed by atoms with Gasteiger partial charge in [0.1, 0.15) is 24.0 Å². The first-order chi connectivity index (χ1) is 9.45. The van der Waals surface area contributed by atoms with E-state index in [1.54, 1.807) is 24.3 Å². The summed E-state index contributed by atoms with van der Waals surface area (Å²) < 4.78 is 19.2. The van der Waals surface area contributed by atoms with Crippen LogP contribution in [-0.4, -0.2) is 5.84 Å². The third kappa shape index (κ3) is 3.62. The lowest BCUT2D eigenvalue weighted by atomic mass is 10.1. The Kier molecular flexibility index (Phi) is 4.47. The molecular formula is C14H11Cl2FN2O. The van der Waals surface area contributed by atoms with E-state index in [1.165, 1.54) is 12.1 Å². The normalized spacial score (nSPS) is 10.3. The Morgan fingerprint density at radius 3 is 2.35 bits per heavy atom. The number of ether oxygens (including phenoxy) is 1. The summed E-state index contributed by atoms with van der Waals surface area (Å²) >= 11 is 11.7. The lowest BCUT2D eigenvalue weighted by Crippen LogP contribution is -2.12. The molecule has 0 heterocycles. The van der Waals surface area contributed by atoms with Crippen molar-refractivity contribution in [1.82, 2.24) is 0 Å². The van der Waals surface area contributed by atoms with Gasteiger partial charge >= 0.3 is 0 Å². The Balaban J connectivity index is 2.12. The van der Waals surface area contributed by atoms with Gasteiger partial charge in [-0.1, -0.05) is 35.3 Å². The van der Waals surface area contributed by atoms with Gasteiger partial charge < -0.3 is 10.5 Å². The molecule has 0 aromatic heterocycles. The van der Waals surface area contributed by atoms with E-state index >= 15 is 0 Å². The summed E-state index contributed by atoms with van der Waals surface area (Å²) in [4.78, 5) is 0. The Labute approximate surface area is 125 Å². The van der Waals surface area contributed by atoms with Crippen LogP contribution in [0.3, 0.4) is 0 Å². The van der Waals surface area contributed by atoms with Gasteiger partial charge in [-0.25, -0.2) is 4.39 Å². The summed E-state index contributed by atoms with van der Waals surface area (Å²) in [6.45, 7) is 0.0285. The van der Waals surface area contributed by atoms with Gasteiger partial charge in [-0.15, -0.1) is 0 Å². The number of rotatable bonds is 4. The van der Waals surface area contributed by atoms with Crippen LogP contribution in [0.25, 0.3) is 0 Å². The van der Waals surface area contributed by atoms with Crippen molar-refractivity contribution in [3.63, 3.8) is 0 Å². The third-order valence-corrected chi connectivity index (χ3v) is 3.03. The average molecular weight is 313 g/mol. The standard InChI is InChI=1S/C14H11Cl2FN2O/c15-10-4-11(16)6-12(5-10)20-7-9-2-1-8(14(18)19)3-13(9)17/h1-6H,7H2,(H3,18,19). The number of amidine groups is 1. The van der Waals surface area contributed by atoms with Crippen molar-refractivity contribution >= 4 is 29.0 Å². The molecule has 0 spiro atoms. The molecule has 0 fully saturated rings. The maximum atomic E-state index is 13.8. The Bertz CT molecular complexity index is 641. The van der Waals surface area contributed by atoms with Crippen LogP contribution >= 0.6 is 23.2 Å². The second kappa shape index (κ2) is 6.11. The van der Waals surface area contributed by atoms with Crippen LogP contribution in [0.1, 0.15) is 11.1 Å². The summed E-state index contributed by atoms with van der Waals surface area (Å²) in [5, 5.41) is 8.13. The highest BCUT2D eigenvalue weighted by molar-refractivity contribution is 6.34. The first kappa shape index (κ1) is 14.6. The van der Waals surface area contributed by atoms with Gasteiger partial charge in [0.2, 0.25) is 0 Å². The molecule has 6 heteroatoms. The zero-order valence-electron chi connectivity index (χ0n) is 10.3. The molecule has 0 unspecified atom stereocenters. The van der Waals surface area contributed by atoms with Gasteiger partial charge in [-0.05, 0) is 24.3 Å². The summed E-state index contributed by atoms with van der Waals surface area (Å²) in [5.74, 6) is -0.207. The van der Waals surface area contributed by atoms with Gasteiger partial charge in [0.25, 0.3) is 0 Å². The van der Waals surface area contributed by atoms with Crippen LogP contribution in [0, 0.1) is 11.2 Å². The molecule has 0 aliphatic carbocycles. The summed E-state index contributed by atoms with van der Waals surface area (Å²) in [7, 11) is 0. The molecule has 0 saturated heterocycles. The molecule has 0 amide bonds. The fourth-order valence-corrected chi connectivity index (χ4v) is 2.11. The number of nitrogens with one attached hydrogen (secondary N) is 1. The molecule has 2 aromatic carbocycles. The van der Waals surface area contributed by atoms with Crippen LogP contribution in [0.4, 0.5) is 4.39 Å². The largest absolute Gasteiger partial charge is 0.489 e. The van der Waals surface area contributed by atoms with Crippen molar-refractivity contribution in [3.8, 4) is 5.75 Å². The minimum absolute atomic E-state index is 0.0285. The minimum Gasteiger partial charge on any atom is -0.489 e. The first-order valence-electron chi connectivity index (χ1n) is 5.67. The molecule has 3 nitrogen and oxygen atoms in total. The van der Waals surface area contributed by atoms with Crippen LogP contribution in [0.5, 0.6) is 5.75 Å². The zero-order valence-corrected chi connectivity index (χ0v) is 11.8. The number of nitrogen functional groups attached to an aromatic ring is 1. The minimum atomic E-state index is -0.481. The predicted molar refractivity (Wildman–Crippen MR) is 78.2 cm³/mol. The van der Waals surface area contributed by atoms with E-state index in [-0.39, 0.29) is 12.4 Å². The zero-order chi connectivity index (χ0) is 14.7. The average Bonchev–Trinajstić information content (AvgIpc) is 2.36. The lowest BCUT2D eigenvalue weighted by molar-refractivity contribution is 0.300. The molecule has 20 heavy (non-hydrogen) atoms. The fourth-order valence-electron chi connectivity index (χ4n) is 1.60. The van der Waals surface area contributed by atoms with Crippen LogP contribution in [-0.2, 0) is 6.61 Å². The van der Waals surface area contributed by atoms with E-state index in [1.807, 2.05) is 0 Å². The van der Waals surface area contributed by atoms with E-state index in [4.69, 9.17) is 39.1 Å². The van der Waals surface area contributed by atoms with Crippen LogP contribution in [0.15, 0.2) is 36.4 Å². The monoisotopic (exact) mass is 312 g/mol. The van der Waals surface area contributed by atoms with Gasteiger partial charge in [0.05, 0.1) is 0 Å². The molecule has 0 aliphatic heterocycles. The SMILES string of the molecule is N=C(N)c1ccc(COc2cc(Cl)cc(Cl)c2)c(F)c1. The Hall–Kier alpha value is -1.78. The fraction of sp³-hybridized carbons (Fsp3) is 0.0714. The lowest BCUT2D eigenvalue weighted by Gasteiger charge is -2.09. The van der Waals surface area contributed by atoms with Crippen molar-refractivity contribution in [2.24, 2.45) is 5.73 Å². The molecule has 2 aromatic rings. The molecule has 0 atom stereocenters. The van der Waals surface area contributed by atoms with Crippen molar-refractivity contribution in [3.05, 3.63) is 63.4 Å². The highest BCUT2D eigenvalue weighted by Crippen LogP contribution is 2.25. The van der Waals surface area contributed by atoms with E-state index in [9.17, 15) is 4.39 Å². The van der Waals surface area contributed by atoms with E-state index in [2.05, 4.69) is 0 Å². The quantitative estimate of drug-likeness (QED) is 0.662. The van der Waals surface area contributed by atoms with E-state index < -0.39 is 5.82 Å². The number of benzene rings is 2. The molecule has 3 N–H and O–H groups in total. The Morgan fingerprint density at radius 1 is 1.15 bits per heavy atom. The summed E-state index contributed by atoms with van der Waals surface area (Å²) in [6.07, 6.45) is 0. The van der Waals surface area contributed by atoms with Crippen molar-refractivity contribution in [2.45, 2.75) is 6.61 Å². The van der Waals surface area contributed by atoms with Crippen molar-refractivity contribution < 1.29 is 9.13 Å². The van der Waals surface area contributed by atoms with Gasteiger partial charge in [-0.3, -0.25) is 5.41 Å². The van der Waals surface area contributed by atoms with E-state index in [0.717, 1.165) is 0 Å². The molecular weight excluding hydrogens is 302 g/mol. The highest BCUT2D eigenvalue weighted by atomic mass is 35.5. The van der Waals surface area contributed by atoms with Gasteiger partial charge in [-0.2, -0.15) is 0 Å². The topological polar surface area (TPSA) is 59.1 Å². The number of nitrogens with two attached hydrogens (primary N) is 1. The Morgan fingerprint density at radius 2 is 1.80 bits per heavy atom. The molecule has 104 valence electrons. The molecule has 0 radical (unpaired) electrons. The summed E-state index contributed by atoms with van der Waals surface area (Å²) in [5.41, 5.74) is 5.97. The number of hydrogen-bond donors (Lipinski definition) is 2. The maximum Gasteiger partial charge on any atom is 0.130 e. The van der Waals surface area contributed by atoms with Crippen LogP contribution < -0.4 is 10.5 Å². The second-order valence-electron chi connectivity index (χ2n) is 4.11. The third-order valence-electron chi connectivity index (χ3n) is 2.59. The molecule has 0 bridgehead atoms. The molecule has 2 rings (SSSR count). The number of halogens is 3. The maximum absolute atomic E-state index is 13.8. The van der Waals surface area contributed by atoms with Crippen LogP contribution in [0.2, 0.25) is 10.0 Å². The highest BCUT2D eigenvalue weighted by Gasteiger charge is 2.07. The predicted octanol–water partition coefficient (Wildman–Crippen LogP) is 4.00. The van der Waals surface area contributed by atoms with Crippen molar-refractivity contribution in [1.29, 1.82) is 5.41 Å². The van der Waals surface area contributed by atoms with Gasteiger partial charge in [0, 0.05) is 21.2 Å². The van der Waals surface area contributed by atoms with Crippen molar-refractivity contribution in [2.75, 3.05) is 0 Å². The molecule has 0 aliphatic rings. The summed E-state index contributed by atoms with van der Waals surface area (Å²) in [6, 6.07) is 9.06. The first-order valence-corrected chi connectivity index (χ1v) is 6.43.